The van der Waals surface area contributed by atoms with E-state index >= 15 is 0 Å². The number of hydrogen-bond donors (Lipinski definition) is 1. The van der Waals surface area contributed by atoms with Crippen LogP contribution in [0.2, 0.25) is 0 Å². The lowest BCUT2D eigenvalue weighted by Crippen LogP contribution is -2.27. The number of rotatable bonds is 1. The monoisotopic (exact) mass is 218 g/mol. The Balaban J connectivity index is 2.61. The predicted molar refractivity (Wildman–Crippen MR) is 62.0 cm³/mol. The van der Waals surface area contributed by atoms with Gasteiger partial charge in [0.1, 0.15) is 11.3 Å². The Bertz CT molecular complexity index is 410. The minimum Gasteiger partial charge on any atom is -0.444 e. The molecule has 0 saturated carbocycles. The Labute approximate surface area is 95.0 Å². The Morgan fingerprint density at radius 2 is 2.19 bits per heavy atom. The highest BCUT2D eigenvalue weighted by Crippen LogP contribution is 2.10. The molecule has 0 spiro atoms. The molecule has 0 radical (unpaired) electrons. The van der Waals surface area contributed by atoms with Crippen LogP contribution in [0.15, 0.2) is 18.3 Å². The van der Waals surface area contributed by atoms with Gasteiger partial charge in [-0.3, -0.25) is 5.32 Å². The van der Waals surface area contributed by atoms with Gasteiger partial charge < -0.3 is 4.74 Å². The Morgan fingerprint density at radius 3 is 2.62 bits per heavy atom. The van der Waals surface area contributed by atoms with Gasteiger partial charge in [-0.05, 0) is 32.9 Å². The third kappa shape index (κ3) is 4.01. The van der Waals surface area contributed by atoms with Crippen LogP contribution >= 0.6 is 0 Å². The zero-order valence-corrected chi connectivity index (χ0v) is 9.57. The van der Waals surface area contributed by atoms with Gasteiger partial charge in [0, 0.05) is 0 Å². The van der Waals surface area contributed by atoms with Crippen molar-refractivity contribution in [1.29, 1.82) is 0 Å². The number of amides is 1. The molecule has 0 aliphatic heterocycles. The van der Waals surface area contributed by atoms with E-state index in [1.165, 1.54) is 6.20 Å². The minimum absolute atomic E-state index is 0.511. The second-order valence-corrected chi connectivity index (χ2v) is 4.20. The van der Waals surface area contributed by atoms with Crippen LogP contribution in [0.3, 0.4) is 0 Å². The first kappa shape index (κ1) is 12.1. The van der Waals surface area contributed by atoms with Crippen LogP contribution in [0.1, 0.15) is 26.5 Å². The summed E-state index contributed by atoms with van der Waals surface area (Å²) >= 11 is 0. The largest absolute Gasteiger partial charge is 0.444 e. The fraction of sp³-hybridized carbons (Fsp3) is 0.333. The van der Waals surface area contributed by atoms with Gasteiger partial charge in [-0.25, -0.2) is 9.78 Å². The number of ether oxygens (including phenoxy) is 1. The SMILES string of the molecule is C#Cc1ccc(NC(=O)OC(C)(C)C)cn1. The van der Waals surface area contributed by atoms with Gasteiger partial charge in [-0.2, -0.15) is 0 Å². The van der Waals surface area contributed by atoms with Crippen LogP contribution in [-0.2, 0) is 4.74 Å². The molecule has 0 bridgehead atoms. The summed E-state index contributed by atoms with van der Waals surface area (Å²) in [4.78, 5) is 15.3. The number of carbonyl (C=O) groups excluding carboxylic acids is 1. The van der Waals surface area contributed by atoms with E-state index in [4.69, 9.17) is 11.2 Å². The summed E-state index contributed by atoms with van der Waals surface area (Å²) in [6.07, 6.45) is 6.13. The number of nitrogens with zero attached hydrogens (tertiary/aromatic N) is 1. The lowest BCUT2D eigenvalue weighted by atomic mass is 10.2. The maximum Gasteiger partial charge on any atom is 0.412 e. The molecule has 0 aliphatic rings. The summed E-state index contributed by atoms with van der Waals surface area (Å²) in [7, 11) is 0. The number of aromatic nitrogens is 1. The van der Waals surface area contributed by atoms with Crippen molar-refractivity contribution in [3.63, 3.8) is 0 Å². The highest BCUT2D eigenvalue weighted by molar-refractivity contribution is 5.84. The van der Waals surface area contributed by atoms with Gasteiger partial charge in [0.15, 0.2) is 0 Å². The highest BCUT2D eigenvalue weighted by Gasteiger charge is 2.16. The van der Waals surface area contributed by atoms with Crippen LogP contribution < -0.4 is 5.32 Å². The van der Waals surface area contributed by atoms with E-state index in [2.05, 4.69) is 16.2 Å². The van der Waals surface area contributed by atoms with Gasteiger partial charge in [0.25, 0.3) is 0 Å². The lowest BCUT2D eigenvalue weighted by Gasteiger charge is -2.19. The molecule has 0 saturated heterocycles. The Morgan fingerprint density at radius 1 is 1.50 bits per heavy atom. The lowest BCUT2D eigenvalue weighted by molar-refractivity contribution is 0.0636. The van der Waals surface area contributed by atoms with Crippen LogP contribution in [-0.4, -0.2) is 16.7 Å². The molecule has 1 rings (SSSR count). The molecule has 0 aliphatic carbocycles. The molecule has 0 atom stereocenters. The summed E-state index contributed by atoms with van der Waals surface area (Å²) in [6, 6.07) is 3.32. The predicted octanol–water partition coefficient (Wildman–Crippen LogP) is 2.41. The molecule has 1 N–H and O–H groups in total. The molecule has 1 amide bonds. The second kappa shape index (κ2) is 4.67. The summed E-state index contributed by atoms with van der Waals surface area (Å²) in [5, 5.41) is 2.56. The zero-order valence-electron chi connectivity index (χ0n) is 9.57. The minimum atomic E-state index is -0.518. The molecular weight excluding hydrogens is 204 g/mol. The molecular formula is C12H14N2O2. The average molecular weight is 218 g/mol. The average Bonchev–Trinajstić information content (AvgIpc) is 2.16. The standard InChI is InChI=1S/C12H14N2O2/c1-5-9-6-7-10(8-13-9)14-11(15)16-12(2,3)4/h1,6-8H,2-4H3,(H,14,15). The second-order valence-electron chi connectivity index (χ2n) is 4.20. The third-order valence-electron chi connectivity index (χ3n) is 1.56. The van der Waals surface area contributed by atoms with Crippen LogP contribution in [0.5, 0.6) is 0 Å². The summed E-state index contributed by atoms with van der Waals surface area (Å²) in [6.45, 7) is 5.39. The number of pyridine rings is 1. The first-order valence-corrected chi connectivity index (χ1v) is 4.83. The Kier molecular flexibility index (Phi) is 3.51. The quantitative estimate of drug-likeness (QED) is 0.736. The van der Waals surface area contributed by atoms with E-state index < -0.39 is 11.7 Å². The summed E-state index contributed by atoms with van der Waals surface area (Å²) in [5.41, 5.74) is 0.555. The molecule has 16 heavy (non-hydrogen) atoms. The van der Waals surface area contributed by atoms with Crippen LogP contribution in [0, 0.1) is 12.3 Å². The van der Waals surface area contributed by atoms with Gasteiger partial charge in [-0.15, -0.1) is 6.42 Å². The fourth-order valence-corrected chi connectivity index (χ4v) is 0.975. The number of hydrogen-bond acceptors (Lipinski definition) is 3. The van der Waals surface area contributed by atoms with Crippen molar-refractivity contribution in [1.82, 2.24) is 4.98 Å². The molecule has 0 fully saturated rings. The highest BCUT2D eigenvalue weighted by atomic mass is 16.6. The van der Waals surface area contributed by atoms with E-state index in [1.54, 1.807) is 32.9 Å². The first-order chi connectivity index (χ1) is 7.40. The van der Waals surface area contributed by atoms with E-state index in [0.717, 1.165) is 0 Å². The van der Waals surface area contributed by atoms with Gasteiger partial charge in [-0.1, -0.05) is 5.92 Å². The van der Waals surface area contributed by atoms with Crippen molar-refractivity contribution in [2.24, 2.45) is 0 Å². The maximum atomic E-state index is 11.4. The molecule has 1 heterocycles. The van der Waals surface area contributed by atoms with Crippen molar-refractivity contribution in [3.8, 4) is 12.3 Å². The van der Waals surface area contributed by atoms with Crippen molar-refractivity contribution < 1.29 is 9.53 Å². The molecule has 1 aromatic heterocycles. The number of nitrogens with one attached hydrogen (secondary N) is 1. The van der Waals surface area contributed by atoms with Crippen molar-refractivity contribution in [2.75, 3.05) is 5.32 Å². The normalized spacial score (nSPS) is 10.4. The molecule has 4 heteroatoms. The molecule has 0 aromatic carbocycles. The van der Waals surface area contributed by atoms with Crippen molar-refractivity contribution in [2.45, 2.75) is 26.4 Å². The third-order valence-corrected chi connectivity index (χ3v) is 1.56. The van der Waals surface area contributed by atoms with Crippen LogP contribution in [0.4, 0.5) is 10.5 Å². The summed E-state index contributed by atoms with van der Waals surface area (Å²) < 4.78 is 5.08. The van der Waals surface area contributed by atoms with E-state index in [0.29, 0.717) is 11.4 Å². The number of terminal acetylenes is 1. The van der Waals surface area contributed by atoms with E-state index in [1.807, 2.05) is 0 Å². The molecule has 84 valence electrons. The van der Waals surface area contributed by atoms with Gasteiger partial charge in [0.05, 0.1) is 11.9 Å². The fourth-order valence-electron chi connectivity index (χ4n) is 0.975. The van der Waals surface area contributed by atoms with E-state index in [-0.39, 0.29) is 0 Å². The van der Waals surface area contributed by atoms with Gasteiger partial charge in [0.2, 0.25) is 0 Å². The van der Waals surface area contributed by atoms with Crippen LogP contribution in [0.25, 0.3) is 0 Å². The topological polar surface area (TPSA) is 51.2 Å². The first-order valence-electron chi connectivity index (χ1n) is 4.83. The molecule has 1 aromatic rings. The smallest absolute Gasteiger partial charge is 0.412 e. The Hall–Kier alpha value is -2.02. The maximum absolute atomic E-state index is 11.4. The number of carbonyl (C=O) groups is 1. The van der Waals surface area contributed by atoms with Crippen molar-refractivity contribution in [3.05, 3.63) is 24.0 Å². The molecule has 4 nitrogen and oxygen atoms in total. The zero-order chi connectivity index (χ0) is 12.2. The summed E-state index contributed by atoms with van der Waals surface area (Å²) in [5.74, 6) is 2.39. The van der Waals surface area contributed by atoms with E-state index in [9.17, 15) is 4.79 Å². The number of anilines is 1. The van der Waals surface area contributed by atoms with Crippen molar-refractivity contribution >= 4 is 11.8 Å². The van der Waals surface area contributed by atoms with Gasteiger partial charge >= 0.3 is 6.09 Å². The molecule has 0 unspecified atom stereocenters.